The number of methoxy groups -OCH3 is 3. The lowest BCUT2D eigenvalue weighted by Gasteiger charge is -2.12. The van der Waals surface area contributed by atoms with Crippen molar-refractivity contribution < 1.29 is 19.0 Å². The van der Waals surface area contributed by atoms with Crippen molar-refractivity contribution >= 4 is 29.1 Å². The number of esters is 1. The number of ether oxygens (including phenoxy) is 3. The lowest BCUT2D eigenvalue weighted by atomic mass is 10.2. The van der Waals surface area contributed by atoms with Gasteiger partial charge in [0.2, 0.25) is 5.95 Å². The van der Waals surface area contributed by atoms with E-state index in [2.05, 4.69) is 30.6 Å². The molecule has 0 atom stereocenters. The number of anilines is 4. The van der Waals surface area contributed by atoms with Crippen molar-refractivity contribution in [3.8, 4) is 11.5 Å². The SMILES string of the molecule is COC(=O)c1ccc(Nc2cnnc(Nc3ccc(OC)cc3OC)n2)cc1. The normalized spacial score (nSPS) is 10.1. The molecule has 0 aliphatic rings. The van der Waals surface area contributed by atoms with E-state index in [1.165, 1.54) is 13.3 Å². The smallest absolute Gasteiger partial charge is 0.337 e. The first-order chi connectivity index (χ1) is 13.6. The van der Waals surface area contributed by atoms with Crippen LogP contribution >= 0.6 is 0 Å². The minimum Gasteiger partial charge on any atom is -0.497 e. The largest absolute Gasteiger partial charge is 0.497 e. The summed E-state index contributed by atoms with van der Waals surface area (Å²) in [4.78, 5) is 15.9. The van der Waals surface area contributed by atoms with Crippen LogP contribution in [0.1, 0.15) is 10.4 Å². The molecule has 9 nitrogen and oxygen atoms in total. The van der Waals surface area contributed by atoms with E-state index in [-0.39, 0.29) is 0 Å². The van der Waals surface area contributed by atoms with Crippen molar-refractivity contribution in [1.29, 1.82) is 0 Å². The molecule has 0 aliphatic carbocycles. The molecule has 0 amide bonds. The maximum Gasteiger partial charge on any atom is 0.337 e. The summed E-state index contributed by atoms with van der Waals surface area (Å²) in [6.07, 6.45) is 1.49. The van der Waals surface area contributed by atoms with Gasteiger partial charge in [0.1, 0.15) is 11.5 Å². The van der Waals surface area contributed by atoms with E-state index in [1.807, 2.05) is 0 Å². The molecule has 0 aliphatic heterocycles. The van der Waals surface area contributed by atoms with Gasteiger partial charge in [-0.2, -0.15) is 10.1 Å². The van der Waals surface area contributed by atoms with E-state index in [0.29, 0.717) is 34.5 Å². The zero-order valence-electron chi connectivity index (χ0n) is 15.6. The summed E-state index contributed by atoms with van der Waals surface area (Å²) in [6.45, 7) is 0. The highest BCUT2D eigenvalue weighted by Crippen LogP contribution is 2.30. The monoisotopic (exact) mass is 381 g/mol. The number of hydrogen-bond donors (Lipinski definition) is 2. The number of hydrogen-bond acceptors (Lipinski definition) is 9. The Morgan fingerprint density at radius 3 is 2.43 bits per heavy atom. The fraction of sp³-hybridized carbons (Fsp3) is 0.158. The van der Waals surface area contributed by atoms with Crippen molar-refractivity contribution in [3.63, 3.8) is 0 Å². The Morgan fingerprint density at radius 1 is 0.964 bits per heavy atom. The molecule has 0 spiro atoms. The zero-order chi connectivity index (χ0) is 19.9. The number of carbonyl (C=O) groups excluding carboxylic acids is 1. The van der Waals surface area contributed by atoms with Gasteiger partial charge < -0.3 is 24.8 Å². The van der Waals surface area contributed by atoms with Crippen LogP contribution in [0.25, 0.3) is 0 Å². The van der Waals surface area contributed by atoms with Crippen LogP contribution < -0.4 is 20.1 Å². The predicted octanol–water partition coefficient (Wildman–Crippen LogP) is 3.16. The predicted molar refractivity (Wildman–Crippen MR) is 104 cm³/mol. The fourth-order valence-corrected chi connectivity index (χ4v) is 2.39. The average molecular weight is 381 g/mol. The van der Waals surface area contributed by atoms with Gasteiger partial charge in [0, 0.05) is 11.8 Å². The highest BCUT2D eigenvalue weighted by molar-refractivity contribution is 5.89. The molecule has 9 heteroatoms. The van der Waals surface area contributed by atoms with Crippen LogP contribution in [0.3, 0.4) is 0 Å². The minimum absolute atomic E-state index is 0.291. The number of nitrogens with zero attached hydrogens (tertiary/aromatic N) is 3. The molecule has 2 aromatic carbocycles. The molecule has 0 radical (unpaired) electrons. The summed E-state index contributed by atoms with van der Waals surface area (Å²) in [5, 5.41) is 14.1. The number of carbonyl (C=O) groups is 1. The van der Waals surface area contributed by atoms with Gasteiger partial charge in [-0.15, -0.1) is 5.10 Å². The quantitative estimate of drug-likeness (QED) is 0.597. The van der Waals surface area contributed by atoms with Crippen LogP contribution in [-0.4, -0.2) is 42.5 Å². The van der Waals surface area contributed by atoms with E-state index >= 15 is 0 Å². The van der Waals surface area contributed by atoms with E-state index in [4.69, 9.17) is 9.47 Å². The molecule has 0 bridgehead atoms. The molecule has 1 heterocycles. The van der Waals surface area contributed by atoms with Crippen molar-refractivity contribution in [2.45, 2.75) is 0 Å². The summed E-state index contributed by atoms with van der Waals surface area (Å²) < 4.78 is 15.2. The van der Waals surface area contributed by atoms with Gasteiger partial charge in [-0.3, -0.25) is 0 Å². The summed E-state index contributed by atoms with van der Waals surface area (Å²) in [7, 11) is 4.49. The van der Waals surface area contributed by atoms with E-state index in [9.17, 15) is 4.79 Å². The molecule has 0 unspecified atom stereocenters. The summed E-state index contributed by atoms with van der Waals surface area (Å²) in [5.74, 6) is 1.64. The number of rotatable bonds is 7. The Morgan fingerprint density at radius 2 is 1.75 bits per heavy atom. The van der Waals surface area contributed by atoms with E-state index in [0.717, 1.165) is 5.69 Å². The van der Waals surface area contributed by atoms with Gasteiger partial charge in [0.15, 0.2) is 5.82 Å². The van der Waals surface area contributed by atoms with Gasteiger partial charge >= 0.3 is 5.97 Å². The van der Waals surface area contributed by atoms with Gasteiger partial charge in [-0.05, 0) is 36.4 Å². The molecule has 3 aromatic rings. The Bertz CT molecular complexity index is 963. The van der Waals surface area contributed by atoms with Gasteiger partial charge in [0.05, 0.1) is 38.8 Å². The number of aromatic nitrogens is 3. The third-order valence-electron chi connectivity index (χ3n) is 3.79. The lowest BCUT2D eigenvalue weighted by molar-refractivity contribution is 0.0601. The maximum absolute atomic E-state index is 11.5. The highest BCUT2D eigenvalue weighted by atomic mass is 16.5. The Hall–Kier alpha value is -3.88. The second kappa shape index (κ2) is 8.67. The molecule has 144 valence electrons. The summed E-state index contributed by atoms with van der Waals surface area (Å²) >= 11 is 0. The van der Waals surface area contributed by atoms with E-state index in [1.54, 1.807) is 56.7 Å². The van der Waals surface area contributed by atoms with Crippen molar-refractivity contribution in [2.24, 2.45) is 0 Å². The Balaban J connectivity index is 1.75. The molecule has 28 heavy (non-hydrogen) atoms. The zero-order valence-corrected chi connectivity index (χ0v) is 15.6. The molecule has 3 rings (SSSR count). The highest BCUT2D eigenvalue weighted by Gasteiger charge is 2.09. The molecule has 0 fully saturated rings. The van der Waals surface area contributed by atoms with Crippen molar-refractivity contribution in [2.75, 3.05) is 32.0 Å². The molecular weight excluding hydrogens is 362 g/mol. The molecule has 0 saturated heterocycles. The van der Waals surface area contributed by atoms with Gasteiger partial charge in [-0.1, -0.05) is 0 Å². The first kappa shape index (κ1) is 18.9. The van der Waals surface area contributed by atoms with Crippen LogP contribution in [-0.2, 0) is 4.74 Å². The molecule has 0 saturated carbocycles. The van der Waals surface area contributed by atoms with Crippen LogP contribution in [0.4, 0.5) is 23.1 Å². The van der Waals surface area contributed by atoms with Crippen LogP contribution in [0.5, 0.6) is 11.5 Å². The van der Waals surface area contributed by atoms with Crippen LogP contribution in [0, 0.1) is 0 Å². The van der Waals surface area contributed by atoms with Crippen molar-refractivity contribution in [3.05, 3.63) is 54.2 Å². The lowest BCUT2D eigenvalue weighted by Crippen LogP contribution is -2.04. The van der Waals surface area contributed by atoms with Gasteiger partial charge in [0.25, 0.3) is 0 Å². The standard InChI is InChI=1S/C19H19N5O4/c1-26-14-8-9-15(16(10-14)27-2)22-19-23-17(11-20-24-19)21-13-6-4-12(5-7-13)18(25)28-3/h4-11H,1-3H3,(H2,21,22,23,24). The number of benzene rings is 2. The van der Waals surface area contributed by atoms with Crippen LogP contribution in [0.2, 0.25) is 0 Å². The second-order valence-corrected chi connectivity index (χ2v) is 5.55. The maximum atomic E-state index is 11.5. The molecular formula is C19H19N5O4. The topological polar surface area (TPSA) is 107 Å². The number of nitrogens with one attached hydrogen (secondary N) is 2. The van der Waals surface area contributed by atoms with E-state index < -0.39 is 5.97 Å². The van der Waals surface area contributed by atoms with Gasteiger partial charge in [-0.25, -0.2) is 4.79 Å². The average Bonchev–Trinajstić information content (AvgIpc) is 2.74. The van der Waals surface area contributed by atoms with Crippen molar-refractivity contribution in [1.82, 2.24) is 15.2 Å². The third-order valence-corrected chi connectivity index (χ3v) is 3.79. The Labute approximate surface area is 161 Å². The Kier molecular flexibility index (Phi) is 5.85. The second-order valence-electron chi connectivity index (χ2n) is 5.55. The molecule has 1 aromatic heterocycles. The first-order valence-electron chi connectivity index (χ1n) is 8.27. The first-order valence-corrected chi connectivity index (χ1v) is 8.27. The minimum atomic E-state index is -0.393. The summed E-state index contributed by atoms with van der Waals surface area (Å²) in [6, 6.07) is 12.1. The molecule has 2 N–H and O–H groups in total. The summed E-state index contributed by atoms with van der Waals surface area (Å²) in [5.41, 5.74) is 1.87. The van der Waals surface area contributed by atoms with Crippen LogP contribution in [0.15, 0.2) is 48.7 Å². The fourth-order valence-electron chi connectivity index (χ4n) is 2.39. The third kappa shape index (κ3) is 4.44.